The van der Waals surface area contributed by atoms with Gasteiger partial charge in [0.05, 0.1) is 28.4 Å². The molecule has 3 aromatic rings. The molecule has 0 aliphatic rings. The lowest BCUT2D eigenvalue weighted by Gasteiger charge is -2.17. The summed E-state index contributed by atoms with van der Waals surface area (Å²) >= 11 is 0. The maximum absolute atomic E-state index is 14.0. The number of carbonyl (C=O) groups excluding carboxylic acids is 1. The van der Waals surface area contributed by atoms with Gasteiger partial charge in [-0.15, -0.1) is 0 Å². The molecule has 13 heteroatoms. The molecule has 2 N–H and O–H groups in total. The van der Waals surface area contributed by atoms with Gasteiger partial charge in [0.15, 0.2) is 5.69 Å². The van der Waals surface area contributed by atoms with Crippen LogP contribution in [0, 0.1) is 5.82 Å². The van der Waals surface area contributed by atoms with Crippen molar-refractivity contribution in [2.75, 3.05) is 0 Å². The molecule has 1 atom stereocenters. The number of carboxylic acids is 1. The third-order valence-electron chi connectivity index (χ3n) is 5.34. The van der Waals surface area contributed by atoms with Crippen LogP contribution in [0.25, 0.3) is 0 Å². The van der Waals surface area contributed by atoms with Crippen molar-refractivity contribution >= 4 is 11.9 Å². The van der Waals surface area contributed by atoms with Crippen LogP contribution in [0.3, 0.4) is 0 Å². The molecule has 192 valence electrons. The summed E-state index contributed by atoms with van der Waals surface area (Å²) in [6.45, 7) is 1.35. The van der Waals surface area contributed by atoms with E-state index in [1.54, 1.807) is 0 Å². The lowest BCUT2D eigenvalue weighted by atomic mass is 10.0. The lowest BCUT2D eigenvalue weighted by molar-refractivity contribution is -0.144. The predicted octanol–water partition coefficient (Wildman–Crippen LogP) is 5.38. The minimum atomic E-state index is -4.99. The van der Waals surface area contributed by atoms with Gasteiger partial charge in [0, 0.05) is 13.5 Å². The van der Waals surface area contributed by atoms with Crippen molar-refractivity contribution in [2.24, 2.45) is 7.05 Å². The molecule has 0 radical (unpaired) electrons. The van der Waals surface area contributed by atoms with E-state index in [-0.39, 0.29) is 23.2 Å². The fraction of sp³-hybridized carbons (Fsp3) is 0.261. The Bertz CT molecular complexity index is 1300. The number of benzene rings is 2. The molecular formula is C23H18F7N3O3. The number of nitrogens with zero attached hydrogens (tertiary/aromatic N) is 2. The summed E-state index contributed by atoms with van der Waals surface area (Å²) in [7, 11) is 0.972. The maximum Gasteiger partial charge on any atom is 0.433 e. The van der Waals surface area contributed by atoms with E-state index in [1.165, 1.54) is 13.0 Å². The smallest absolute Gasteiger partial charge is 0.433 e. The number of carboxylic acid groups (broad SMARTS) is 1. The molecule has 1 heterocycles. The van der Waals surface area contributed by atoms with Crippen molar-refractivity contribution in [2.45, 2.75) is 31.7 Å². The Labute approximate surface area is 199 Å². The minimum absolute atomic E-state index is 0.0904. The summed E-state index contributed by atoms with van der Waals surface area (Å²) < 4.78 is 94.2. The van der Waals surface area contributed by atoms with Crippen LogP contribution in [0.1, 0.15) is 61.8 Å². The molecule has 0 saturated carbocycles. The van der Waals surface area contributed by atoms with Crippen molar-refractivity contribution in [3.63, 3.8) is 0 Å². The van der Waals surface area contributed by atoms with Gasteiger partial charge >= 0.3 is 18.3 Å². The Hall–Kier alpha value is -3.90. The van der Waals surface area contributed by atoms with Gasteiger partial charge in [-0.1, -0.05) is 18.2 Å². The van der Waals surface area contributed by atoms with E-state index >= 15 is 0 Å². The Morgan fingerprint density at radius 2 is 1.64 bits per heavy atom. The van der Waals surface area contributed by atoms with E-state index in [9.17, 15) is 40.3 Å². The first kappa shape index (κ1) is 26.7. The van der Waals surface area contributed by atoms with Gasteiger partial charge in [-0.25, -0.2) is 9.18 Å². The van der Waals surface area contributed by atoms with Crippen molar-refractivity contribution in [1.29, 1.82) is 0 Å². The molecular weight excluding hydrogens is 499 g/mol. The summed E-state index contributed by atoms with van der Waals surface area (Å²) in [5.41, 5.74) is -3.84. The van der Waals surface area contributed by atoms with E-state index in [4.69, 9.17) is 5.11 Å². The Kier molecular flexibility index (Phi) is 7.14. The van der Waals surface area contributed by atoms with Gasteiger partial charge in [-0.2, -0.15) is 31.4 Å². The zero-order valence-electron chi connectivity index (χ0n) is 18.6. The van der Waals surface area contributed by atoms with E-state index in [1.807, 2.05) is 0 Å². The molecule has 1 aromatic heterocycles. The lowest BCUT2D eigenvalue weighted by Crippen LogP contribution is -2.30. The number of halogens is 7. The second-order valence-corrected chi connectivity index (χ2v) is 7.90. The average Bonchev–Trinajstić information content (AvgIpc) is 3.09. The second kappa shape index (κ2) is 9.63. The molecule has 0 bridgehead atoms. The molecule has 0 fully saturated rings. The highest BCUT2D eigenvalue weighted by Crippen LogP contribution is 2.35. The van der Waals surface area contributed by atoms with E-state index < -0.39 is 58.5 Å². The summed E-state index contributed by atoms with van der Waals surface area (Å²) in [6, 6.07) is 5.64. The third kappa shape index (κ3) is 5.66. The zero-order valence-corrected chi connectivity index (χ0v) is 18.6. The maximum atomic E-state index is 14.0. The fourth-order valence-electron chi connectivity index (χ4n) is 3.60. The minimum Gasteiger partial charge on any atom is -0.478 e. The molecule has 36 heavy (non-hydrogen) atoms. The first-order valence-electron chi connectivity index (χ1n) is 10.2. The normalized spacial score (nSPS) is 12.9. The largest absolute Gasteiger partial charge is 0.478 e. The first-order chi connectivity index (χ1) is 16.6. The number of carbonyl (C=O) groups is 2. The number of nitrogens with one attached hydrogen (secondary N) is 1. The van der Waals surface area contributed by atoms with E-state index in [0.29, 0.717) is 4.68 Å². The number of hydrogen-bond donors (Lipinski definition) is 2. The number of amides is 1. The average molecular weight is 517 g/mol. The highest BCUT2D eigenvalue weighted by Gasteiger charge is 2.41. The summed E-state index contributed by atoms with van der Waals surface area (Å²) in [5, 5.41) is 15.0. The molecule has 0 aliphatic carbocycles. The third-order valence-corrected chi connectivity index (χ3v) is 5.34. The van der Waals surface area contributed by atoms with Crippen LogP contribution in [0.2, 0.25) is 0 Å². The number of aromatic carboxylic acids is 1. The van der Waals surface area contributed by atoms with Crippen molar-refractivity contribution in [1.82, 2.24) is 15.1 Å². The second-order valence-electron chi connectivity index (χ2n) is 7.90. The topological polar surface area (TPSA) is 84.2 Å². The Balaban J connectivity index is 1.95. The highest BCUT2D eigenvalue weighted by molar-refractivity contribution is 5.97. The number of alkyl halides is 6. The van der Waals surface area contributed by atoms with Gasteiger partial charge in [0.2, 0.25) is 0 Å². The molecule has 3 rings (SSSR count). The molecule has 0 unspecified atom stereocenters. The SMILES string of the molecule is C[C@H](NC(=O)c1c(Cc2ccc(C(F)(F)F)cc2)nn(C)c1C(F)(F)F)c1ccc(C(=O)O)c(F)c1. The molecule has 0 aliphatic heterocycles. The van der Waals surface area contributed by atoms with Crippen molar-refractivity contribution in [3.05, 3.63) is 87.5 Å². The van der Waals surface area contributed by atoms with Crippen molar-refractivity contribution in [3.8, 4) is 0 Å². The molecule has 2 aromatic carbocycles. The standard InChI is InChI=1S/C23H18F7N3O3/c1-11(13-5-8-15(21(35)36)16(24)10-13)31-20(34)18-17(32-33(2)19(18)23(28,29)30)9-12-3-6-14(7-4-12)22(25,26)27/h3-8,10-11H,9H2,1-2H3,(H,31,34)(H,35,36)/t11-/m0/s1. The number of rotatable bonds is 6. The summed E-state index contributed by atoms with van der Waals surface area (Å²) in [5.74, 6) is -3.82. The fourth-order valence-corrected chi connectivity index (χ4v) is 3.60. The van der Waals surface area contributed by atoms with Gasteiger partial charge in [0.1, 0.15) is 5.82 Å². The van der Waals surface area contributed by atoms with Gasteiger partial charge in [0.25, 0.3) is 5.91 Å². The molecule has 1 amide bonds. The Morgan fingerprint density at radius 1 is 1.03 bits per heavy atom. The van der Waals surface area contributed by atoms with E-state index in [0.717, 1.165) is 43.4 Å². The molecule has 6 nitrogen and oxygen atoms in total. The molecule has 0 spiro atoms. The van der Waals surface area contributed by atoms with Crippen LogP contribution in [0.15, 0.2) is 42.5 Å². The predicted molar refractivity (Wildman–Crippen MR) is 112 cm³/mol. The number of hydrogen-bond acceptors (Lipinski definition) is 3. The van der Waals surface area contributed by atoms with E-state index in [2.05, 4.69) is 10.4 Å². The van der Waals surface area contributed by atoms with Crippen molar-refractivity contribution < 1.29 is 45.4 Å². The van der Waals surface area contributed by atoms with Crippen LogP contribution in [-0.4, -0.2) is 26.8 Å². The van der Waals surface area contributed by atoms with Gasteiger partial charge < -0.3 is 10.4 Å². The summed E-state index contributed by atoms with van der Waals surface area (Å²) in [6.07, 6.45) is -9.97. The van der Waals surface area contributed by atoms with Crippen LogP contribution in [0.5, 0.6) is 0 Å². The van der Waals surface area contributed by atoms with Crippen LogP contribution in [-0.2, 0) is 25.8 Å². The summed E-state index contributed by atoms with van der Waals surface area (Å²) in [4.78, 5) is 23.9. The zero-order chi connectivity index (χ0) is 27.0. The van der Waals surface area contributed by atoms with Crippen LogP contribution >= 0.6 is 0 Å². The van der Waals surface area contributed by atoms with Crippen LogP contribution < -0.4 is 5.32 Å². The van der Waals surface area contributed by atoms with Crippen LogP contribution in [0.4, 0.5) is 30.7 Å². The number of aryl methyl sites for hydroxylation is 1. The first-order valence-corrected chi connectivity index (χ1v) is 10.2. The van der Waals surface area contributed by atoms with Gasteiger partial charge in [-0.05, 0) is 42.3 Å². The monoisotopic (exact) mass is 517 g/mol. The Morgan fingerprint density at radius 3 is 2.14 bits per heavy atom. The number of aromatic nitrogens is 2. The van der Waals surface area contributed by atoms with Gasteiger partial charge in [-0.3, -0.25) is 9.48 Å². The molecule has 0 saturated heterocycles. The highest BCUT2D eigenvalue weighted by atomic mass is 19.4. The quantitative estimate of drug-likeness (QED) is 0.431.